The van der Waals surface area contributed by atoms with Crippen molar-refractivity contribution in [3.8, 4) is 0 Å². The van der Waals surface area contributed by atoms with Crippen LogP contribution in [0.1, 0.15) is 5.56 Å². The topological polar surface area (TPSA) is 72.3 Å². The van der Waals surface area contributed by atoms with Gasteiger partial charge in [0, 0.05) is 22.3 Å². The standard InChI is InChI=1S/C17H12F6N2O/c18-16(19,20)15(26,17(21,22)23)12-5-6-13(25)10-4-2-8-1-3-9(24)7-11(8)14(10)12/h1-7,26H,24-25H2. The summed E-state index contributed by atoms with van der Waals surface area (Å²) in [5, 5.41) is 9.73. The second-order valence-corrected chi connectivity index (χ2v) is 5.88. The van der Waals surface area contributed by atoms with Gasteiger partial charge in [-0.1, -0.05) is 24.3 Å². The van der Waals surface area contributed by atoms with Gasteiger partial charge in [0.05, 0.1) is 0 Å². The Bertz CT molecular complexity index is 996. The Morgan fingerprint density at radius 1 is 0.731 bits per heavy atom. The summed E-state index contributed by atoms with van der Waals surface area (Å²) in [6.45, 7) is 0. The highest BCUT2D eigenvalue weighted by molar-refractivity contribution is 6.13. The average molecular weight is 374 g/mol. The van der Waals surface area contributed by atoms with Crippen LogP contribution in [0.5, 0.6) is 0 Å². The summed E-state index contributed by atoms with van der Waals surface area (Å²) in [7, 11) is 0. The predicted molar refractivity (Wildman–Crippen MR) is 86.3 cm³/mol. The van der Waals surface area contributed by atoms with Crippen molar-refractivity contribution < 1.29 is 31.4 Å². The molecule has 3 aromatic carbocycles. The van der Waals surface area contributed by atoms with Crippen LogP contribution in [0.25, 0.3) is 21.5 Å². The molecule has 9 heteroatoms. The molecule has 138 valence electrons. The monoisotopic (exact) mass is 374 g/mol. The second kappa shape index (κ2) is 5.41. The van der Waals surface area contributed by atoms with Crippen LogP contribution in [0.15, 0.2) is 42.5 Å². The van der Waals surface area contributed by atoms with E-state index in [1.54, 1.807) is 0 Å². The fourth-order valence-electron chi connectivity index (χ4n) is 2.98. The smallest absolute Gasteiger partial charge is 0.399 e. The highest BCUT2D eigenvalue weighted by Crippen LogP contribution is 2.52. The van der Waals surface area contributed by atoms with E-state index in [1.165, 1.54) is 30.3 Å². The maximum absolute atomic E-state index is 13.4. The SMILES string of the molecule is Nc1ccc2ccc3c(N)ccc(C(O)(C(F)(F)F)C(F)(F)F)c3c2c1. The van der Waals surface area contributed by atoms with Crippen LogP contribution >= 0.6 is 0 Å². The maximum Gasteiger partial charge on any atom is 0.430 e. The Morgan fingerprint density at radius 3 is 1.88 bits per heavy atom. The number of rotatable bonds is 1. The van der Waals surface area contributed by atoms with E-state index in [0.717, 1.165) is 6.07 Å². The number of hydrogen-bond donors (Lipinski definition) is 3. The van der Waals surface area contributed by atoms with Crippen molar-refractivity contribution in [2.45, 2.75) is 18.0 Å². The Hall–Kier alpha value is -2.68. The third-order valence-corrected chi connectivity index (χ3v) is 4.27. The minimum atomic E-state index is -6.00. The third-order valence-electron chi connectivity index (χ3n) is 4.27. The summed E-state index contributed by atoms with van der Waals surface area (Å²) in [5.41, 5.74) is 5.08. The molecule has 0 spiro atoms. The van der Waals surface area contributed by atoms with Crippen LogP contribution in [-0.4, -0.2) is 17.5 Å². The van der Waals surface area contributed by atoms with E-state index in [9.17, 15) is 31.4 Å². The van der Waals surface area contributed by atoms with E-state index in [-0.39, 0.29) is 22.1 Å². The molecule has 3 nitrogen and oxygen atoms in total. The largest absolute Gasteiger partial charge is 0.430 e. The zero-order chi connectivity index (χ0) is 19.5. The van der Waals surface area contributed by atoms with Crippen molar-refractivity contribution in [2.24, 2.45) is 0 Å². The van der Waals surface area contributed by atoms with E-state index in [4.69, 9.17) is 11.5 Å². The number of fused-ring (bicyclic) bond motifs is 3. The van der Waals surface area contributed by atoms with Crippen LogP contribution in [-0.2, 0) is 5.60 Å². The Morgan fingerprint density at radius 2 is 1.31 bits per heavy atom. The quantitative estimate of drug-likeness (QED) is 0.334. The molecule has 0 saturated heterocycles. The van der Waals surface area contributed by atoms with Crippen molar-refractivity contribution in [3.63, 3.8) is 0 Å². The van der Waals surface area contributed by atoms with Gasteiger partial charge in [-0.15, -0.1) is 0 Å². The van der Waals surface area contributed by atoms with Crippen molar-refractivity contribution in [2.75, 3.05) is 11.5 Å². The zero-order valence-corrected chi connectivity index (χ0v) is 12.9. The molecule has 0 saturated carbocycles. The average Bonchev–Trinajstić information content (AvgIpc) is 2.52. The number of aliphatic hydroxyl groups is 1. The molecule has 0 atom stereocenters. The summed E-state index contributed by atoms with van der Waals surface area (Å²) in [5.74, 6) is 0. The fraction of sp³-hybridized carbons (Fsp3) is 0.176. The first-order chi connectivity index (χ1) is 11.9. The zero-order valence-electron chi connectivity index (χ0n) is 12.9. The lowest BCUT2D eigenvalue weighted by Gasteiger charge is -2.34. The van der Waals surface area contributed by atoms with Gasteiger partial charge in [-0.25, -0.2) is 0 Å². The van der Waals surface area contributed by atoms with E-state index in [0.29, 0.717) is 11.5 Å². The summed E-state index contributed by atoms with van der Waals surface area (Å²) < 4.78 is 80.2. The molecule has 0 aliphatic carbocycles. The number of anilines is 2. The van der Waals surface area contributed by atoms with Crippen LogP contribution in [0.4, 0.5) is 37.7 Å². The molecular formula is C17H12F6N2O. The van der Waals surface area contributed by atoms with E-state index in [1.807, 2.05) is 0 Å². The molecule has 3 rings (SSSR count). The molecule has 0 amide bonds. The predicted octanol–water partition coefficient (Wildman–Crippen LogP) is 4.47. The van der Waals surface area contributed by atoms with Gasteiger partial charge in [-0.05, 0) is 34.4 Å². The number of nitrogen functional groups attached to an aromatic ring is 2. The number of benzene rings is 3. The highest BCUT2D eigenvalue weighted by Gasteiger charge is 2.71. The highest BCUT2D eigenvalue weighted by atomic mass is 19.4. The van der Waals surface area contributed by atoms with Gasteiger partial charge in [-0.3, -0.25) is 0 Å². The first-order valence-corrected chi connectivity index (χ1v) is 7.24. The second-order valence-electron chi connectivity index (χ2n) is 5.88. The number of halogens is 6. The molecule has 0 aliphatic heterocycles. The maximum atomic E-state index is 13.4. The van der Waals surface area contributed by atoms with Gasteiger partial charge in [0.25, 0.3) is 5.60 Å². The van der Waals surface area contributed by atoms with Crippen molar-refractivity contribution >= 4 is 32.9 Å². The van der Waals surface area contributed by atoms with Crippen molar-refractivity contribution in [1.29, 1.82) is 0 Å². The van der Waals surface area contributed by atoms with Gasteiger partial charge in [-0.2, -0.15) is 26.3 Å². The summed E-state index contributed by atoms with van der Waals surface area (Å²) in [4.78, 5) is 0. The number of alkyl halides is 6. The third kappa shape index (κ3) is 2.42. The molecule has 0 fully saturated rings. The lowest BCUT2D eigenvalue weighted by atomic mass is 9.85. The first-order valence-electron chi connectivity index (χ1n) is 7.24. The molecule has 26 heavy (non-hydrogen) atoms. The molecule has 5 N–H and O–H groups in total. The molecular weight excluding hydrogens is 362 g/mol. The van der Waals surface area contributed by atoms with Crippen molar-refractivity contribution in [3.05, 3.63) is 48.0 Å². The van der Waals surface area contributed by atoms with Gasteiger partial charge >= 0.3 is 12.4 Å². The van der Waals surface area contributed by atoms with Crippen LogP contribution in [0.3, 0.4) is 0 Å². The molecule has 0 bridgehead atoms. The normalized spacial score (nSPS) is 13.5. The Balaban J connectivity index is 2.58. The minimum absolute atomic E-state index is 0.0247. The molecule has 0 unspecified atom stereocenters. The molecule has 0 aromatic heterocycles. The van der Waals surface area contributed by atoms with Crippen LogP contribution in [0.2, 0.25) is 0 Å². The molecule has 0 heterocycles. The van der Waals surface area contributed by atoms with Gasteiger partial charge < -0.3 is 16.6 Å². The summed E-state index contributed by atoms with van der Waals surface area (Å²) in [6, 6.07) is 8.40. The number of hydrogen-bond acceptors (Lipinski definition) is 3. The lowest BCUT2D eigenvalue weighted by molar-refractivity contribution is -0.375. The van der Waals surface area contributed by atoms with E-state index < -0.39 is 28.9 Å². The summed E-state index contributed by atoms with van der Waals surface area (Å²) in [6.07, 6.45) is -12.0. The molecule has 0 radical (unpaired) electrons. The fourth-order valence-corrected chi connectivity index (χ4v) is 2.98. The minimum Gasteiger partial charge on any atom is -0.399 e. The molecule has 0 aliphatic rings. The van der Waals surface area contributed by atoms with Gasteiger partial charge in [0.1, 0.15) is 0 Å². The van der Waals surface area contributed by atoms with E-state index in [2.05, 4.69) is 0 Å². The van der Waals surface area contributed by atoms with E-state index >= 15 is 0 Å². The van der Waals surface area contributed by atoms with Crippen molar-refractivity contribution in [1.82, 2.24) is 0 Å². The van der Waals surface area contributed by atoms with Crippen LogP contribution in [0, 0.1) is 0 Å². The Kier molecular flexibility index (Phi) is 3.77. The van der Waals surface area contributed by atoms with Gasteiger partial charge in [0.15, 0.2) is 0 Å². The molecule has 3 aromatic rings. The lowest BCUT2D eigenvalue weighted by Crippen LogP contribution is -2.54. The van der Waals surface area contributed by atoms with Gasteiger partial charge in [0.2, 0.25) is 0 Å². The first kappa shape index (κ1) is 18.1. The Labute approximate surface area is 142 Å². The van der Waals surface area contributed by atoms with Crippen LogP contribution < -0.4 is 11.5 Å². The number of nitrogens with two attached hydrogens (primary N) is 2. The summed E-state index contributed by atoms with van der Waals surface area (Å²) >= 11 is 0.